The normalized spacial score (nSPS) is 15.5. The van der Waals surface area contributed by atoms with Crippen molar-refractivity contribution < 1.29 is 4.79 Å². The van der Waals surface area contributed by atoms with Crippen LogP contribution in [0.2, 0.25) is 0 Å². The van der Waals surface area contributed by atoms with Crippen molar-refractivity contribution in [1.29, 1.82) is 0 Å². The van der Waals surface area contributed by atoms with Crippen LogP contribution in [0.25, 0.3) is 0 Å². The number of carbonyl (C=O) groups excluding carboxylic acids is 1. The topological polar surface area (TPSA) is 32.3 Å². The summed E-state index contributed by atoms with van der Waals surface area (Å²) in [4.78, 5) is 13.3. The Bertz CT molecular complexity index is 438. The molecule has 0 aliphatic carbocycles. The van der Waals surface area contributed by atoms with Crippen molar-refractivity contribution >= 4 is 11.6 Å². The lowest BCUT2D eigenvalue weighted by molar-refractivity contribution is -0.117. The van der Waals surface area contributed by atoms with Crippen molar-refractivity contribution in [2.24, 2.45) is 0 Å². The second-order valence-electron chi connectivity index (χ2n) is 4.85. The average molecular weight is 218 g/mol. The Hall–Kier alpha value is -1.35. The van der Waals surface area contributed by atoms with Gasteiger partial charge in [0.2, 0.25) is 5.91 Å². The Morgan fingerprint density at radius 3 is 2.69 bits per heavy atom. The van der Waals surface area contributed by atoms with Gasteiger partial charge < -0.3 is 10.2 Å². The van der Waals surface area contributed by atoms with E-state index in [4.69, 9.17) is 0 Å². The Morgan fingerprint density at radius 1 is 1.38 bits per heavy atom. The fraction of sp³-hybridized carbons (Fsp3) is 0.462. The van der Waals surface area contributed by atoms with E-state index in [0.29, 0.717) is 6.42 Å². The van der Waals surface area contributed by atoms with Crippen LogP contribution in [0.5, 0.6) is 0 Å². The number of anilines is 1. The molecule has 1 N–H and O–H groups in total. The summed E-state index contributed by atoms with van der Waals surface area (Å²) in [5, 5.41) is 3.27. The van der Waals surface area contributed by atoms with Crippen LogP contribution in [-0.2, 0) is 16.8 Å². The Morgan fingerprint density at radius 2 is 2.06 bits per heavy atom. The number of nitrogens with zero attached hydrogens (tertiary/aromatic N) is 1. The maximum absolute atomic E-state index is 11.6. The standard InChI is InChI=1S/C13H18N2O/c1-13(2,14-3)10-5-6-11-9(7-10)8-12(16)15(11)4/h5-7,14H,8H2,1-4H3. The highest BCUT2D eigenvalue weighted by molar-refractivity contribution is 6.00. The van der Waals surface area contributed by atoms with Gasteiger partial charge in [0.15, 0.2) is 0 Å². The summed E-state index contributed by atoms with van der Waals surface area (Å²) in [5.41, 5.74) is 3.34. The minimum absolute atomic E-state index is 0.0563. The van der Waals surface area contributed by atoms with E-state index in [9.17, 15) is 4.79 Å². The Labute approximate surface area is 96.5 Å². The third kappa shape index (κ3) is 1.61. The molecule has 0 saturated heterocycles. The quantitative estimate of drug-likeness (QED) is 0.818. The van der Waals surface area contributed by atoms with E-state index in [1.54, 1.807) is 4.90 Å². The van der Waals surface area contributed by atoms with Gasteiger partial charge in [-0.2, -0.15) is 0 Å². The van der Waals surface area contributed by atoms with Crippen LogP contribution in [0.1, 0.15) is 25.0 Å². The van der Waals surface area contributed by atoms with Crippen LogP contribution in [0.15, 0.2) is 18.2 Å². The first-order valence-corrected chi connectivity index (χ1v) is 5.54. The van der Waals surface area contributed by atoms with Crippen molar-refractivity contribution in [2.75, 3.05) is 19.0 Å². The molecule has 1 amide bonds. The molecular weight excluding hydrogens is 200 g/mol. The molecule has 3 heteroatoms. The maximum atomic E-state index is 11.6. The first kappa shape index (κ1) is 11.1. The molecule has 1 aliphatic rings. The van der Waals surface area contributed by atoms with Crippen LogP contribution in [0.4, 0.5) is 5.69 Å². The number of benzene rings is 1. The summed E-state index contributed by atoms with van der Waals surface area (Å²) in [6.45, 7) is 4.27. The van der Waals surface area contributed by atoms with E-state index in [1.807, 2.05) is 20.2 Å². The summed E-state index contributed by atoms with van der Waals surface area (Å²) in [7, 11) is 3.78. The van der Waals surface area contributed by atoms with E-state index in [0.717, 1.165) is 11.3 Å². The van der Waals surface area contributed by atoms with E-state index in [-0.39, 0.29) is 11.4 Å². The van der Waals surface area contributed by atoms with Gasteiger partial charge in [0.25, 0.3) is 0 Å². The van der Waals surface area contributed by atoms with Gasteiger partial charge in [0.1, 0.15) is 0 Å². The van der Waals surface area contributed by atoms with Gasteiger partial charge in [-0.25, -0.2) is 0 Å². The summed E-state index contributed by atoms with van der Waals surface area (Å²) in [5.74, 6) is 0.175. The van der Waals surface area contributed by atoms with E-state index >= 15 is 0 Å². The molecule has 0 bridgehead atoms. The first-order chi connectivity index (χ1) is 7.45. The van der Waals surface area contributed by atoms with Gasteiger partial charge in [-0.1, -0.05) is 12.1 Å². The molecular formula is C13H18N2O. The lowest BCUT2D eigenvalue weighted by Gasteiger charge is -2.25. The molecule has 86 valence electrons. The highest BCUT2D eigenvalue weighted by Crippen LogP contribution is 2.31. The summed E-state index contributed by atoms with van der Waals surface area (Å²) >= 11 is 0. The molecule has 1 aromatic carbocycles. The molecule has 0 saturated carbocycles. The molecule has 1 heterocycles. The number of amides is 1. The van der Waals surface area contributed by atoms with Gasteiger partial charge in [0, 0.05) is 18.3 Å². The third-order valence-corrected chi connectivity index (χ3v) is 3.50. The van der Waals surface area contributed by atoms with E-state index < -0.39 is 0 Å². The zero-order valence-corrected chi connectivity index (χ0v) is 10.3. The van der Waals surface area contributed by atoms with Crippen molar-refractivity contribution in [3.63, 3.8) is 0 Å². The number of rotatable bonds is 2. The second-order valence-corrected chi connectivity index (χ2v) is 4.85. The molecule has 2 rings (SSSR count). The van der Waals surface area contributed by atoms with E-state index in [1.165, 1.54) is 5.56 Å². The number of fused-ring (bicyclic) bond motifs is 1. The molecule has 0 unspecified atom stereocenters. The van der Waals surface area contributed by atoms with E-state index in [2.05, 4.69) is 31.3 Å². The van der Waals surface area contributed by atoms with Gasteiger partial charge in [-0.15, -0.1) is 0 Å². The summed E-state index contributed by atoms with van der Waals surface area (Å²) < 4.78 is 0. The van der Waals surface area contributed by atoms with Gasteiger partial charge in [-0.05, 0) is 38.1 Å². The van der Waals surface area contributed by atoms with Crippen molar-refractivity contribution in [3.8, 4) is 0 Å². The molecule has 0 radical (unpaired) electrons. The highest BCUT2D eigenvalue weighted by atomic mass is 16.2. The second kappa shape index (κ2) is 3.59. The van der Waals surface area contributed by atoms with Gasteiger partial charge in [0.05, 0.1) is 6.42 Å². The minimum atomic E-state index is -0.0563. The maximum Gasteiger partial charge on any atom is 0.231 e. The van der Waals surface area contributed by atoms with Crippen molar-refractivity contribution in [3.05, 3.63) is 29.3 Å². The molecule has 1 aliphatic heterocycles. The van der Waals surface area contributed by atoms with Crippen LogP contribution in [0.3, 0.4) is 0 Å². The Kier molecular flexibility index (Phi) is 2.50. The van der Waals surface area contributed by atoms with Crippen LogP contribution in [-0.4, -0.2) is 20.0 Å². The third-order valence-electron chi connectivity index (χ3n) is 3.50. The van der Waals surface area contributed by atoms with Gasteiger partial charge in [-0.3, -0.25) is 4.79 Å². The predicted molar refractivity (Wildman–Crippen MR) is 65.6 cm³/mol. The zero-order chi connectivity index (χ0) is 11.9. The number of nitrogens with one attached hydrogen (secondary N) is 1. The monoisotopic (exact) mass is 218 g/mol. The molecule has 0 atom stereocenters. The first-order valence-electron chi connectivity index (χ1n) is 5.54. The lowest BCUT2D eigenvalue weighted by atomic mass is 9.92. The number of likely N-dealkylation sites (N-methyl/N-ethyl adjacent to an activating group) is 1. The molecule has 0 fully saturated rings. The lowest BCUT2D eigenvalue weighted by Crippen LogP contribution is -2.33. The summed E-state index contributed by atoms with van der Waals surface area (Å²) in [6, 6.07) is 6.26. The Balaban J connectivity index is 2.43. The number of hydrogen-bond donors (Lipinski definition) is 1. The van der Waals surface area contributed by atoms with Crippen LogP contribution < -0.4 is 10.2 Å². The fourth-order valence-corrected chi connectivity index (χ4v) is 2.00. The van der Waals surface area contributed by atoms with Gasteiger partial charge >= 0.3 is 0 Å². The molecule has 0 aromatic heterocycles. The zero-order valence-electron chi connectivity index (χ0n) is 10.3. The SMILES string of the molecule is CNC(C)(C)c1ccc2c(c1)CC(=O)N2C. The largest absolute Gasteiger partial charge is 0.315 e. The molecule has 16 heavy (non-hydrogen) atoms. The van der Waals surface area contributed by atoms with Crippen LogP contribution >= 0.6 is 0 Å². The fourth-order valence-electron chi connectivity index (χ4n) is 2.00. The minimum Gasteiger partial charge on any atom is -0.315 e. The predicted octanol–water partition coefficient (Wildman–Crippen LogP) is 1.66. The molecule has 0 spiro atoms. The van der Waals surface area contributed by atoms with Crippen molar-refractivity contribution in [2.45, 2.75) is 25.8 Å². The summed E-state index contributed by atoms with van der Waals surface area (Å²) in [6.07, 6.45) is 0.527. The molecule has 3 nitrogen and oxygen atoms in total. The highest BCUT2D eigenvalue weighted by Gasteiger charge is 2.26. The van der Waals surface area contributed by atoms with Crippen LogP contribution in [0, 0.1) is 0 Å². The van der Waals surface area contributed by atoms with Crippen molar-refractivity contribution in [1.82, 2.24) is 5.32 Å². The smallest absolute Gasteiger partial charge is 0.231 e. The number of carbonyl (C=O) groups is 1. The molecule has 1 aromatic rings. The number of hydrogen-bond acceptors (Lipinski definition) is 2. The average Bonchev–Trinajstić information content (AvgIpc) is 2.54.